The molecule has 3 aromatic heterocycles. The Bertz CT molecular complexity index is 1300. The molecule has 0 unspecified atom stereocenters. The van der Waals surface area contributed by atoms with E-state index in [1.54, 1.807) is 29.2 Å². The third-order valence-electron chi connectivity index (χ3n) is 4.92. The van der Waals surface area contributed by atoms with Gasteiger partial charge in [0, 0.05) is 24.3 Å². The van der Waals surface area contributed by atoms with Crippen molar-refractivity contribution in [1.29, 1.82) is 0 Å². The molecular weight excluding hydrogens is 397 g/mol. The van der Waals surface area contributed by atoms with Gasteiger partial charge in [0.05, 0.1) is 41.5 Å². The lowest BCUT2D eigenvalue weighted by Gasteiger charge is -2.29. The molecule has 0 saturated carbocycles. The minimum Gasteiger partial charge on any atom is -0.304 e. The van der Waals surface area contributed by atoms with Crippen LogP contribution >= 0.6 is 0 Å². The van der Waals surface area contributed by atoms with Crippen molar-refractivity contribution in [2.45, 2.75) is 6.18 Å². The highest BCUT2D eigenvalue weighted by atomic mass is 19.4. The molecule has 0 N–H and O–H groups in total. The molecule has 1 amide bonds. The monoisotopic (exact) mass is 410 g/mol. The maximum absolute atomic E-state index is 13.3. The largest absolute Gasteiger partial charge is 0.416 e. The van der Waals surface area contributed by atoms with E-state index < -0.39 is 17.6 Å². The summed E-state index contributed by atoms with van der Waals surface area (Å²) in [5.41, 5.74) is 1.98. The zero-order valence-electron chi connectivity index (χ0n) is 15.3. The molecule has 0 radical (unpaired) electrons. The van der Waals surface area contributed by atoms with Crippen molar-refractivity contribution in [3.63, 3.8) is 0 Å². The number of rotatable bonds is 2. The molecule has 0 fully saturated rings. The van der Waals surface area contributed by atoms with E-state index in [1.165, 1.54) is 27.9 Å². The van der Waals surface area contributed by atoms with Gasteiger partial charge < -0.3 is 9.30 Å². The summed E-state index contributed by atoms with van der Waals surface area (Å²) in [4.78, 5) is 23.1. The third-order valence-corrected chi connectivity index (χ3v) is 4.92. The van der Waals surface area contributed by atoms with Crippen molar-refractivity contribution in [2.75, 3.05) is 11.4 Å². The number of halogens is 3. The fourth-order valence-corrected chi connectivity index (χ4v) is 3.43. The van der Waals surface area contributed by atoms with Crippen molar-refractivity contribution >= 4 is 22.9 Å². The molecule has 0 spiro atoms. The Labute approximate surface area is 167 Å². The SMILES string of the molecule is C=C1CN(c2ccc(C(F)(F)F)cc2)C(=O)c2c(-c3cn4ccnc4cn3)cnn21. The van der Waals surface area contributed by atoms with Gasteiger partial charge in [0.1, 0.15) is 5.69 Å². The molecule has 4 heterocycles. The standard InChI is InChI=1S/C20H13F3N6O/c1-12-10-28(14-4-2-13(3-5-14)20(21,22)23)19(30)18-15(8-26-29(12)18)16-11-27-7-6-24-17(27)9-25-16/h2-9,11H,1,10H2. The second kappa shape index (κ2) is 6.28. The van der Waals surface area contributed by atoms with Crippen LogP contribution in [0.4, 0.5) is 18.9 Å². The Morgan fingerprint density at radius 1 is 1.07 bits per heavy atom. The average molecular weight is 410 g/mol. The van der Waals surface area contributed by atoms with Crippen LogP contribution in [0.15, 0.2) is 61.8 Å². The van der Waals surface area contributed by atoms with Gasteiger partial charge in [-0.25, -0.2) is 9.67 Å². The predicted octanol–water partition coefficient (Wildman–Crippen LogP) is 3.74. The fourth-order valence-electron chi connectivity index (χ4n) is 3.43. The lowest BCUT2D eigenvalue weighted by atomic mass is 10.1. The van der Waals surface area contributed by atoms with E-state index in [2.05, 4.69) is 21.6 Å². The molecule has 1 aromatic carbocycles. The lowest BCUT2D eigenvalue weighted by Crippen LogP contribution is -2.39. The number of anilines is 1. The Kier molecular flexibility index (Phi) is 3.79. The highest BCUT2D eigenvalue weighted by Crippen LogP contribution is 2.34. The molecule has 1 aliphatic heterocycles. The van der Waals surface area contributed by atoms with E-state index >= 15 is 0 Å². The number of benzene rings is 1. The molecule has 1 aliphatic rings. The molecule has 150 valence electrons. The van der Waals surface area contributed by atoms with E-state index in [0.717, 1.165) is 12.1 Å². The van der Waals surface area contributed by atoms with Crippen LogP contribution in [0.5, 0.6) is 0 Å². The zero-order chi connectivity index (χ0) is 21.0. The second-order valence-electron chi connectivity index (χ2n) is 6.79. The quantitative estimate of drug-likeness (QED) is 0.505. The van der Waals surface area contributed by atoms with Gasteiger partial charge in [0.25, 0.3) is 5.91 Å². The van der Waals surface area contributed by atoms with E-state index in [-0.39, 0.29) is 12.2 Å². The smallest absolute Gasteiger partial charge is 0.304 e. The lowest BCUT2D eigenvalue weighted by molar-refractivity contribution is -0.137. The number of hydrogen-bond donors (Lipinski definition) is 0. The topological polar surface area (TPSA) is 68.3 Å². The van der Waals surface area contributed by atoms with Gasteiger partial charge in [0.2, 0.25) is 0 Å². The zero-order valence-corrected chi connectivity index (χ0v) is 15.3. The minimum atomic E-state index is -4.45. The number of fused-ring (bicyclic) bond motifs is 2. The summed E-state index contributed by atoms with van der Waals surface area (Å²) in [5.74, 6) is -0.401. The first-order chi connectivity index (χ1) is 14.3. The van der Waals surface area contributed by atoms with E-state index in [9.17, 15) is 18.0 Å². The molecule has 30 heavy (non-hydrogen) atoms. The van der Waals surface area contributed by atoms with Crippen LogP contribution in [0.2, 0.25) is 0 Å². The first-order valence-electron chi connectivity index (χ1n) is 8.87. The van der Waals surface area contributed by atoms with Gasteiger partial charge in [-0.3, -0.25) is 9.78 Å². The van der Waals surface area contributed by atoms with Gasteiger partial charge in [0.15, 0.2) is 5.65 Å². The van der Waals surface area contributed by atoms with Gasteiger partial charge in [-0.15, -0.1) is 0 Å². The van der Waals surface area contributed by atoms with Crippen molar-refractivity contribution in [3.8, 4) is 11.3 Å². The van der Waals surface area contributed by atoms with Crippen LogP contribution in [0, 0.1) is 0 Å². The average Bonchev–Trinajstić information content (AvgIpc) is 3.37. The van der Waals surface area contributed by atoms with Crippen LogP contribution in [0.25, 0.3) is 22.6 Å². The molecule has 0 aliphatic carbocycles. The summed E-state index contributed by atoms with van der Waals surface area (Å²) >= 11 is 0. The Morgan fingerprint density at radius 3 is 2.57 bits per heavy atom. The number of carbonyl (C=O) groups is 1. The van der Waals surface area contributed by atoms with Gasteiger partial charge in [-0.05, 0) is 24.3 Å². The van der Waals surface area contributed by atoms with E-state index in [4.69, 9.17) is 0 Å². The third kappa shape index (κ3) is 2.76. The van der Waals surface area contributed by atoms with Crippen molar-refractivity contribution < 1.29 is 18.0 Å². The normalized spacial score (nSPS) is 14.4. The second-order valence-corrected chi connectivity index (χ2v) is 6.79. The predicted molar refractivity (Wildman–Crippen MR) is 103 cm³/mol. The first kappa shape index (κ1) is 18.1. The van der Waals surface area contributed by atoms with Crippen molar-refractivity contribution in [1.82, 2.24) is 24.1 Å². The summed E-state index contributed by atoms with van der Waals surface area (Å²) in [6, 6.07) is 4.45. The van der Waals surface area contributed by atoms with Crippen molar-refractivity contribution in [3.05, 3.63) is 73.1 Å². The summed E-state index contributed by atoms with van der Waals surface area (Å²) in [6.07, 6.45) is 3.78. The summed E-state index contributed by atoms with van der Waals surface area (Å²) in [6.45, 7) is 4.07. The molecule has 10 heteroatoms. The molecule has 5 rings (SSSR count). The number of aromatic nitrogens is 5. The molecule has 0 bridgehead atoms. The van der Waals surface area contributed by atoms with Crippen LogP contribution < -0.4 is 4.90 Å². The number of amides is 1. The van der Waals surface area contributed by atoms with Gasteiger partial charge in [-0.2, -0.15) is 18.3 Å². The minimum absolute atomic E-state index is 0.103. The Hall–Kier alpha value is -3.95. The van der Waals surface area contributed by atoms with Crippen LogP contribution in [-0.4, -0.2) is 36.6 Å². The number of carbonyl (C=O) groups excluding carboxylic acids is 1. The Balaban J connectivity index is 1.57. The van der Waals surface area contributed by atoms with Crippen molar-refractivity contribution in [2.24, 2.45) is 0 Å². The number of imidazole rings is 1. The summed E-state index contributed by atoms with van der Waals surface area (Å²) < 4.78 is 41.8. The van der Waals surface area contributed by atoms with E-state index in [1.807, 2.05) is 0 Å². The number of alkyl halides is 3. The summed E-state index contributed by atoms with van der Waals surface area (Å²) in [7, 11) is 0. The molecular formula is C20H13F3N6O. The maximum Gasteiger partial charge on any atom is 0.416 e. The number of nitrogens with zero attached hydrogens (tertiary/aromatic N) is 6. The molecule has 7 nitrogen and oxygen atoms in total. The maximum atomic E-state index is 13.3. The number of hydrogen-bond acceptors (Lipinski definition) is 4. The van der Waals surface area contributed by atoms with Gasteiger partial charge >= 0.3 is 6.18 Å². The van der Waals surface area contributed by atoms with Crippen LogP contribution in [0.3, 0.4) is 0 Å². The molecule has 0 saturated heterocycles. The van der Waals surface area contributed by atoms with E-state index in [0.29, 0.717) is 28.3 Å². The molecule has 4 aromatic rings. The van der Waals surface area contributed by atoms with Crippen LogP contribution in [0.1, 0.15) is 16.1 Å². The van der Waals surface area contributed by atoms with Gasteiger partial charge in [-0.1, -0.05) is 6.58 Å². The highest BCUT2D eigenvalue weighted by molar-refractivity contribution is 6.11. The Morgan fingerprint density at radius 2 is 1.83 bits per heavy atom. The summed E-state index contributed by atoms with van der Waals surface area (Å²) in [5, 5.41) is 4.26. The molecule has 0 atom stereocenters. The first-order valence-corrected chi connectivity index (χ1v) is 8.87. The highest BCUT2D eigenvalue weighted by Gasteiger charge is 2.34. The van der Waals surface area contributed by atoms with Crippen LogP contribution in [-0.2, 0) is 6.18 Å². The fraction of sp³-hybridized carbons (Fsp3) is 0.100.